The normalized spacial score (nSPS) is 12.6. The summed E-state index contributed by atoms with van der Waals surface area (Å²) in [5, 5.41) is 2.41. The number of ether oxygens (including phenoxy) is 1. The molecule has 0 saturated carbocycles. The smallest absolute Gasteiger partial charge is 0.120 e. The Morgan fingerprint density at radius 2 is 1.94 bits per heavy atom. The van der Waals surface area contributed by atoms with E-state index in [-0.39, 0.29) is 6.10 Å². The fraction of sp³-hybridized carbons (Fsp3) is 0.231. The minimum atomic E-state index is 0.0613. The maximum atomic E-state index is 5.72. The summed E-state index contributed by atoms with van der Waals surface area (Å²) in [5.41, 5.74) is 2.60. The Labute approximate surface area is 95.2 Å². The van der Waals surface area contributed by atoms with Gasteiger partial charge in [0.2, 0.25) is 0 Å². The van der Waals surface area contributed by atoms with E-state index in [0.717, 1.165) is 5.75 Å². The number of fused-ring (bicyclic) bond motifs is 1. The van der Waals surface area contributed by atoms with E-state index in [4.69, 9.17) is 10.6 Å². The second kappa shape index (κ2) is 4.96. The lowest BCUT2D eigenvalue weighted by molar-refractivity contribution is 0.218. The van der Waals surface area contributed by atoms with Crippen LogP contribution in [0.1, 0.15) is 6.92 Å². The summed E-state index contributed by atoms with van der Waals surface area (Å²) >= 11 is 0. The van der Waals surface area contributed by atoms with Gasteiger partial charge in [-0.3, -0.25) is 11.3 Å². The van der Waals surface area contributed by atoms with Crippen LogP contribution in [0.4, 0.5) is 0 Å². The number of benzene rings is 2. The molecule has 0 aromatic heterocycles. The molecule has 0 aliphatic carbocycles. The first-order chi connectivity index (χ1) is 7.79. The fourth-order valence-corrected chi connectivity index (χ4v) is 1.68. The minimum Gasteiger partial charge on any atom is -0.489 e. The molecule has 0 amide bonds. The van der Waals surface area contributed by atoms with Crippen molar-refractivity contribution in [1.82, 2.24) is 5.43 Å². The van der Waals surface area contributed by atoms with Crippen molar-refractivity contribution in [3.05, 3.63) is 42.5 Å². The van der Waals surface area contributed by atoms with Crippen LogP contribution in [0.5, 0.6) is 5.75 Å². The number of hydrogen-bond donors (Lipinski definition) is 2. The predicted molar refractivity (Wildman–Crippen MR) is 66.2 cm³/mol. The SMILES string of the molecule is CC(CNN)Oc1ccc2ccccc2c1. The van der Waals surface area contributed by atoms with Gasteiger partial charge < -0.3 is 4.74 Å². The Morgan fingerprint density at radius 1 is 1.19 bits per heavy atom. The quantitative estimate of drug-likeness (QED) is 0.607. The molecule has 0 fully saturated rings. The van der Waals surface area contributed by atoms with Crippen molar-refractivity contribution in [3.8, 4) is 5.75 Å². The van der Waals surface area contributed by atoms with Gasteiger partial charge in [0.05, 0.1) is 0 Å². The Hall–Kier alpha value is -1.58. The number of hydrazine groups is 1. The third-order valence-corrected chi connectivity index (χ3v) is 2.46. The standard InChI is InChI=1S/C13H16N2O/c1-10(9-15-14)16-13-7-6-11-4-2-3-5-12(11)8-13/h2-8,10,15H,9,14H2,1H3. The first-order valence-corrected chi connectivity index (χ1v) is 5.38. The van der Waals surface area contributed by atoms with Gasteiger partial charge in [-0.2, -0.15) is 0 Å². The molecule has 1 atom stereocenters. The van der Waals surface area contributed by atoms with Crippen LogP contribution in [0.2, 0.25) is 0 Å². The molecule has 0 aliphatic heterocycles. The van der Waals surface area contributed by atoms with Crippen molar-refractivity contribution in [1.29, 1.82) is 0 Å². The minimum absolute atomic E-state index is 0.0613. The molecule has 3 N–H and O–H groups in total. The van der Waals surface area contributed by atoms with Crippen LogP contribution in [0.25, 0.3) is 10.8 Å². The van der Waals surface area contributed by atoms with E-state index in [0.29, 0.717) is 6.54 Å². The van der Waals surface area contributed by atoms with Crippen LogP contribution < -0.4 is 16.0 Å². The van der Waals surface area contributed by atoms with Crippen LogP contribution in [-0.4, -0.2) is 12.6 Å². The third-order valence-electron chi connectivity index (χ3n) is 2.46. The molecule has 0 aliphatic rings. The van der Waals surface area contributed by atoms with E-state index in [1.807, 2.05) is 31.2 Å². The molecule has 0 heterocycles. The molecule has 0 bridgehead atoms. The van der Waals surface area contributed by atoms with E-state index in [9.17, 15) is 0 Å². The van der Waals surface area contributed by atoms with E-state index < -0.39 is 0 Å². The molecular formula is C13H16N2O. The van der Waals surface area contributed by atoms with Crippen molar-refractivity contribution in [2.75, 3.05) is 6.54 Å². The van der Waals surface area contributed by atoms with Crippen molar-refractivity contribution in [2.24, 2.45) is 5.84 Å². The molecule has 0 saturated heterocycles. The van der Waals surface area contributed by atoms with Gasteiger partial charge in [0.25, 0.3) is 0 Å². The molecular weight excluding hydrogens is 200 g/mol. The average Bonchev–Trinajstić information content (AvgIpc) is 2.29. The van der Waals surface area contributed by atoms with Gasteiger partial charge >= 0.3 is 0 Å². The zero-order valence-corrected chi connectivity index (χ0v) is 9.31. The summed E-state index contributed by atoms with van der Waals surface area (Å²) in [6.45, 7) is 2.61. The van der Waals surface area contributed by atoms with Crippen molar-refractivity contribution >= 4 is 10.8 Å². The van der Waals surface area contributed by atoms with Gasteiger partial charge in [-0.25, -0.2) is 0 Å². The molecule has 3 nitrogen and oxygen atoms in total. The van der Waals surface area contributed by atoms with E-state index in [2.05, 4.69) is 23.6 Å². The monoisotopic (exact) mass is 216 g/mol. The van der Waals surface area contributed by atoms with E-state index in [1.165, 1.54) is 10.8 Å². The lowest BCUT2D eigenvalue weighted by Gasteiger charge is -2.14. The lowest BCUT2D eigenvalue weighted by Crippen LogP contribution is -2.33. The highest BCUT2D eigenvalue weighted by Gasteiger charge is 2.03. The first kappa shape index (κ1) is 10.9. The molecule has 1 unspecified atom stereocenters. The average molecular weight is 216 g/mol. The predicted octanol–water partition coefficient (Wildman–Crippen LogP) is 2.07. The van der Waals surface area contributed by atoms with Crippen molar-refractivity contribution in [3.63, 3.8) is 0 Å². The zero-order valence-electron chi connectivity index (χ0n) is 9.31. The largest absolute Gasteiger partial charge is 0.489 e. The van der Waals surface area contributed by atoms with Gasteiger partial charge in [-0.05, 0) is 29.8 Å². The number of hydrogen-bond acceptors (Lipinski definition) is 3. The maximum Gasteiger partial charge on any atom is 0.120 e. The summed E-state index contributed by atoms with van der Waals surface area (Å²) in [6.07, 6.45) is 0.0613. The summed E-state index contributed by atoms with van der Waals surface area (Å²) in [7, 11) is 0. The van der Waals surface area contributed by atoms with Crippen LogP contribution in [0.3, 0.4) is 0 Å². The van der Waals surface area contributed by atoms with Gasteiger partial charge in [0.1, 0.15) is 11.9 Å². The second-order valence-electron chi connectivity index (χ2n) is 3.85. The number of nitrogens with one attached hydrogen (secondary N) is 1. The fourth-order valence-electron chi connectivity index (χ4n) is 1.68. The highest BCUT2D eigenvalue weighted by atomic mass is 16.5. The van der Waals surface area contributed by atoms with Crippen LogP contribution in [-0.2, 0) is 0 Å². The Kier molecular flexibility index (Phi) is 3.39. The summed E-state index contributed by atoms with van der Waals surface area (Å²) in [6, 6.07) is 14.3. The van der Waals surface area contributed by atoms with E-state index in [1.54, 1.807) is 0 Å². The van der Waals surface area contributed by atoms with Crippen molar-refractivity contribution in [2.45, 2.75) is 13.0 Å². The first-order valence-electron chi connectivity index (χ1n) is 5.38. The molecule has 2 rings (SSSR count). The maximum absolute atomic E-state index is 5.72. The highest BCUT2D eigenvalue weighted by molar-refractivity contribution is 5.83. The van der Waals surface area contributed by atoms with Crippen LogP contribution in [0, 0.1) is 0 Å². The molecule has 0 radical (unpaired) electrons. The van der Waals surface area contributed by atoms with Crippen molar-refractivity contribution < 1.29 is 4.74 Å². The zero-order chi connectivity index (χ0) is 11.4. The number of rotatable bonds is 4. The molecule has 0 spiro atoms. The molecule has 84 valence electrons. The summed E-state index contributed by atoms with van der Waals surface area (Å²) in [5.74, 6) is 6.12. The Balaban J connectivity index is 2.19. The number of nitrogens with two attached hydrogens (primary N) is 1. The highest BCUT2D eigenvalue weighted by Crippen LogP contribution is 2.21. The molecule has 2 aromatic rings. The van der Waals surface area contributed by atoms with Crippen LogP contribution >= 0.6 is 0 Å². The molecule has 3 heteroatoms. The Morgan fingerprint density at radius 3 is 2.69 bits per heavy atom. The second-order valence-corrected chi connectivity index (χ2v) is 3.85. The lowest BCUT2D eigenvalue weighted by atomic mass is 10.1. The summed E-state index contributed by atoms with van der Waals surface area (Å²) < 4.78 is 5.72. The molecule has 2 aromatic carbocycles. The topological polar surface area (TPSA) is 47.3 Å². The molecule has 16 heavy (non-hydrogen) atoms. The van der Waals surface area contributed by atoms with Gasteiger partial charge in [-0.15, -0.1) is 0 Å². The Bertz CT molecular complexity index is 470. The van der Waals surface area contributed by atoms with Gasteiger partial charge in [-0.1, -0.05) is 30.3 Å². The van der Waals surface area contributed by atoms with Crippen LogP contribution in [0.15, 0.2) is 42.5 Å². The van der Waals surface area contributed by atoms with E-state index >= 15 is 0 Å². The third kappa shape index (κ3) is 2.51. The van der Waals surface area contributed by atoms with Gasteiger partial charge in [0, 0.05) is 6.54 Å². The summed E-state index contributed by atoms with van der Waals surface area (Å²) in [4.78, 5) is 0. The van der Waals surface area contributed by atoms with Gasteiger partial charge in [0.15, 0.2) is 0 Å².